The first-order valence-electron chi connectivity index (χ1n) is 24.0. The summed E-state index contributed by atoms with van der Waals surface area (Å²) in [7, 11) is 4.88. The molecule has 0 aliphatic heterocycles. The number of amides is 3. The van der Waals surface area contributed by atoms with E-state index in [2.05, 4.69) is 31.2 Å². The number of anilines is 4. The number of nitrogens with zero attached hydrogens (tertiary/aromatic N) is 6. The number of carbonyl (C=O) groups excluding carboxylic acids is 4. The number of pyridine rings is 2. The van der Waals surface area contributed by atoms with Gasteiger partial charge in [-0.2, -0.15) is 4.39 Å². The van der Waals surface area contributed by atoms with E-state index in [0.29, 0.717) is 29.2 Å². The molecule has 10 rings (SSSR count). The van der Waals surface area contributed by atoms with Gasteiger partial charge < -0.3 is 30.7 Å². The summed E-state index contributed by atoms with van der Waals surface area (Å²) >= 11 is 0. The Kier molecular flexibility index (Phi) is 16.2. The molecule has 4 N–H and O–H groups in total. The maximum absolute atomic E-state index is 14.9. The van der Waals surface area contributed by atoms with E-state index in [1.807, 2.05) is 30.3 Å². The van der Waals surface area contributed by atoms with Crippen molar-refractivity contribution in [2.45, 2.75) is 39.5 Å². The normalized spacial score (nSPS) is 12.5. The number of halogens is 4. The molecule has 2 fully saturated rings. The van der Waals surface area contributed by atoms with Gasteiger partial charge in [-0.3, -0.25) is 38.1 Å². The molecule has 0 bridgehead atoms. The molecule has 8 aromatic rings. The van der Waals surface area contributed by atoms with Gasteiger partial charge in [0.1, 0.15) is 34.3 Å². The number of benzene rings is 4. The number of rotatable bonds is 14. The van der Waals surface area contributed by atoms with Crippen molar-refractivity contribution in [2.75, 3.05) is 28.3 Å². The summed E-state index contributed by atoms with van der Waals surface area (Å²) in [5.41, 5.74) is 1.04. The standard InChI is InChI=1S/C27H23F2N5O4.C16H15F2N3O2.C12H12N2O2/c1-15-24(27(37)34(33(15)2)17-6-4-3-5-7-17)26(36)31-21-13-20(29)22(14-19(21)28)38-18-10-11-30-23(12-18)32-25(35)16-8-9-16;1-19-11-4-5-12(15(18)14(11)17)23-10-6-7-20-13(8-10)21-16(22)9-2-3-9;1-9-11(8-15)12(16)14(13(9)2)10-6-4-3-5-7-10/h3-7,10-14,16H,8-9H2,1-2H3,(H,31,36)(H,30,32,35);4-9,19H,2-3H2,1H3,(H,20,21,22);3-8H,1-2H3. The van der Waals surface area contributed by atoms with Crippen LogP contribution in [0, 0.1) is 49.0 Å². The van der Waals surface area contributed by atoms with Crippen LogP contribution in [0.15, 0.2) is 131 Å². The summed E-state index contributed by atoms with van der Waals surface area (Å²) in [5.74, 6) is -4.90. The Morgan fingerprint density at radius 2 is 1.10 bits per heavy atom. The second-order valence-electron chi connectivity index (χ2n) is 17.7. The highest BCUT2D eigenvalue weighted by molar-refractivity contribution is 6.05. The summed E-state index contributed by atoms with van der Waals surface area (Å²) in [6.45, 7) is 3.34. The van der Waals surface area contributed by atoms with Crippen molar-refractivity contribution >= 4 is 47.0 Å². The Morgan fingerprint density at radius 1 is 0.597 bits per heavy atom. The van der Waals surface area contributed by atoms with Gasteiger partial charge in [-0.1, -0.05) is 36.4 Å². The fraction of sp³-hybridized carbons (Fsp3) is 0.200. The van der Waals surface area contributed by atoms with E-state index in [1.54, 1.807) is 63.0 Å². The van der Waals surface area contributed by atoms with Gasteiger partial charge in [-0.05, 0) is 88.1 Å². The monoisotopic (exact) mass is 1050 g/mol. The van der Waals surface area contributed by atoms with Crippen molar-refractivity contribution in [3.8, 4) is 34.4 Å². The SMILES string of the molecule is CNc1ccc(Oc2ccnc(NC(=O)C3CC3)c2)c(F)c1F.Cc1c(C(=O)Nc2cc(F)c(Oc3ccnc(NC(=O)C4CC4)c3)cc2F)c(=O)n(-c2ccccc2)n1C.Cc1c(C=O)c(=O)n(-c2ccccc2)n1C. The maximum atomic E-state index is 14.9. The molecule has 22 heteroatoms. The third kappa shape index (κ3) is 12.3. The number of aldehydes is 1. The van der Waals surface area contributed by atoms with Crippen LogP contribution in [0.3, 0.4) is 0 Å². The second-order valence-corrected chi connectivity index (χ2v) is 17.7. The smallest absolute Gasteiger partial charge is 0.284 e. The van der Waals surface area contributed by atoms with Crippen LogP contribution < -0.4 is 41.9 Å². The van der Waals surface area contributed by atoms with E-state index in [4.69, 9.17) is 9.47 Å². The van der Waals surface area contributed by atoms with Crippen molar-refractivity contribution in [2.24, 2.45) is 25.9 Å². The van der Waals surface area contributed by atoms with E-state index in [1.165, 1.54) is 69.9 Å². The fourth-order valence-electron chi connectivity index (χ4n) is 7.73. The number of nitrogens with one attached hydrogen (secondary N) is 4. The molecule has 0 spiro atoms. The van der Waals surface area contributed by atoms with Gasteiger partial charge >= 0.3 is 0 Å². The largest absolute Gasteiger partial charge is 0.454 e. The summed E-state index contributed by atoms with van der Waals surface area (Å²) in [5, 5.41) is 10.2. The summed E-state index contributed by atoms with van der Waals surface area (Å²) in [4.78, 5) is 80.5. The Hall–Kier alpha value is -9.60. The summed E-state index contributed by atoms with van der Waals surface area (Å²) in [6.07, 6.45) is 6.80. The zero-order valence-corrected chi connectivity index (χ0v) is 42.1. The first-order valence-corrected chi connectivity index (χ1v) is 24.0. The lowest BCUT2D eigenvalue weighted by Gasteiger charge is -2.11. The molecule has 0 radical (unpaired) electrons. The number of aromatic nitrogens is 6. The maximum Gasteiger partial charge on any atom is 0.284 e. The van der Waals surface area contributed by atoms with Gasteiger partial charge in [0.25, 0.3) is 17.0 Å². The molecule has 396 valence electrons. The van der Waals surface area contributed by atoms with Crippen molar-refractivity contribution in [3.05, 3.63) is 188 Å². The van der Waals surface area contributed by atoms with Gasteiger partial charge in [0.05, 0.1) is 28.4 Å². The topological polar surface area (TPSA) is 214 Å². The lowest BCUT2D eigenvalue weighted by Crippen LogP contribution is -2.25. The second kappa shape index (κ2) is 23.3. The highest BCUT2D eigenvalue weighted by Gasteiger charge is 2.31. The number of ether oxygens (including phenoxy) is 2. The van der Waals surface area contributed by atoms with E-state index in [0.717, 1.165) is 43.5 Å². The van der Waals surface area contributed by atoms with Crippen molar-refractivity contribution < 1.29 is 46.2 Å². The number of hydrogen-bond donors (Lipinski definition) is 4. The highest BCUT2D eigenvalue weighted by atomic mass is 19.2. The lowest BCUT2D eigenvalue weighted by atomic mass is 10.2. The average molecular weight is 1060 g/mol. The van der Waals surface area contributed by atoms with Gasteiger partial charge in [0.15, 0.2) is 35.2 Å². The minimum Gasteiger partial charge on any atom is -0.454 e. The Morgan fingerprint density at radius 3 is 1.60 bits per heavy atom. The molecule has 0 saturated heterocycles. The van der Waals surface area contributed by atoms with Crippen LogP contribution in [0.1, 0.15) is 57.8 Å². The zero-order chi connectivity index (χ0) is 55.1. The molecule has 4 aromatic heterocycles. The first kappa shape index (κ1) is 53.7. The number of carbonyl (C=O) groups is 4. The third-order valence-electron chi connectivity index (χ3n) is 12.4. The van der Waals surface area contributed by atoms with Crippen LogP contribution >= 0.6 is 0 Å². The highest BCUT2D eigenvalue weighted by Crippen LogP contribution is 2.34. The Balaban J connectivity index is 0.000000170. The van der Waals surface area contributed by atoms with Gasteiger partial charge in [-0.25, -0.2) is 32.5 Å². The molecular weight excluding hydrogens is 1000 g/mol. The van der Waals surface area contributed by atoms with E-state index >= 15 is 0 Å². The zero-order valence-electron chi connectivity index (χ0n) is 42.1. The van der Waals surface area contributed by atoms with Crippen LogP contribution in [0.4, 0.5) is 40.6 Å². The van der Waals surface area contributed by atoms with E-state index < -0.39 is 46.2 Å². The molecule has 77 heavy (non-hydrogen) atoms. The van der Waals surface area contributed by atoms with Crippen LogP contribution in [0.2, 0.25) is 0 Å². The van der Waals surface area contributed by atoms with Gasteiger partial charge in [-0.15, -0.1) is 0 Å². The van der Waals surface area contributed by atoms with Crippen molar-refractivity contribution in [1.29, 1.82) is 0 Å². The lowest BCUT2D eigenvalue weighted by molar-refractivity contribution is -0.118. The Labute approximate surface area is 436 Å². The van der Waals surface area contributed by atoms with Crippen LogP contribution in [-0.4, -0.2) is 59.8 Å². The molecule has 3 amide bonds. The molecule has 2 aliphatic carbocycles. The molecule has 2 aliphatic rings. The van der Waals surface area contributed by atoms with E-state index in [-0.39, 0.29) is 69.1 Å². The molecule has 4 aromatic carbocycles. The van der Waals surface area contributed by atoms with Crippen LogP contribution in [0.5, 0.6) is 23.0 Å². The quantitative estimate of drug-likeness (QED) is 0.0595. The molecule has 0 atom stereocenters. The van der Waals surface area contributed by atoms with Crippen LogP contribution in [0.25, 0.3) is 11.4 Å². The third-order valence-corrected chi connectivity index (χ3v) is 12.4. The first-order chi connectivity index (χ1) is 37.0. The van der Waals surface area contributed by atoms with Crippen molar-refractivity contribution in [3.63, 3.8) is 0 Å². The number of hydrogen-bond acceptors (Lipinski definition) is 11. The number of para-hydroxylation sites is 2. The fourth-order valence-corrected chi connectivity index (χ4v) is 7.73. The minimum atomic E-state index is -1.09. The minimum absolute atomic E-state index is 0.0310. The molecule has 2 saturated carbocycles. The molecule has 18 nitrogen and oxygen atoms in total. The summed E-state index contributed by atoms with van der Waals surface area (Å²) in [6, 6.07) is 28.0. The van der Waals surface area contributed by atoms with Gasteiger partial charge in [0.2, 0.25) is 17.6 Å². The van der Waals surface area contributed by atoms with E-state index in [9.17, 15) is 46.3 Å². The van der Waals surface area contributed by atoms with Crippen molar-refractivity contribution in [1.82, 2.24) is 28.7 Å². The average Bonchev–Trinajstić information content (AvgIpc) is 4.41. The Bertz CT molecular complexity index is 3650. The molecular formula is C55H50F4N10O8. The van der Waals surface area contributed by atoms with Gasteiger partial charge in [0, 0.05) is 75.3 Å². The predicted molar refractivity (Wildman–Crippen MR) is 278 cm³/mol. The molecule has 4 heterocycles. The predicted octanol–water partition coefficient (Wildman–Crippen LogP) is 9.39. The molecule has 0 unspecified atom stereocenters. The van der Waals surface area contributed by atoms with Crippen LogP contribution in [-0.2, 0) is 23.7 Å². The summed E-state index contributed by atoms with van der Waals surface area (Å²) < 4.78 is 74.2.